The average Bonchev–Trinajstić information content (AvgIpc) is 4.32. The summed E-state index contributed by atoms with van der Waals surface area (Å²) in [6.45, 7) is 9.11. The molecule has 12 aromatic rings. The molecule has 0 aliphatic heterocycles. The van der Waals surface area contributed by atoms with Gasteiger partial charge >= 0.3 is 0 Å². The first kappa shape index (κ1) is 55.2. The molecule has 0 radical (unpaired) electrons. The minimum atomic E-state index is 0.899. The number of rotatable bonds is 20. The van der Waals surface area contributed by atoms with E-state index in [4.69, 9.17) is 18.9 Å². The van der Waals surface area contributed by atoms with E-state index in [2.05, 4.69) is 173 Å². The molecule has 408 valence electrons. The number of unbranched alkanes of at least 4 members (excludes halogenated alkanes) is 4. The van der Waals surface area contributed by atoms with Crippen LogP contribution < -0.4 is 18.9 Å². The summed E-state index contributed by atoms with van der Waals surface area (Å²) in [4.78, 5) is 5.96. The first-order valence-corrected chi connectivity index (χ1v) is 32.0. The SMILES string of the molecule is CCCCc1sc2c(ccc3c2ccc2c(-c4ccc(OC)cc4)c(CCCC)sc23)c1-c1ccc(OC)cc1.CCCCc1sc2c(ccc3c2ccc2c(-c4ccc(OC)cc4)c(CCCC)sc23)c1-c1ccc(OC)cc1. The molecule has 4 heterocycles. The third-order valence-corrected chi connectivity index (χ3v) is 21.0. The van der Waals surface area contributed by atoms with Gasteiger partial charge in [0.15, 0.2) is 0 Å². The van der Waals surface area contributed by atoms with Gasteiger partial charge in [0.2, 0.25) is 0 Å². The Labute approximate surface area is 488 Å². The Kier molecular flexibility index (Phi) is 17.3. The Balaban J connectivity index is 0.000000169. The summed E-state index contributed by atoms with van der Waals surface area (Å²) in [5, 5.41) is 11.0. The zero-order valence-corrected chi connectivity index (χ0v) is 50.9. The summed E-state index contributed by atoms with van der Waals surface area (Å²) in [6.07, 6.45) is 14.1. The molecule has 0 N–H and O–H groups in total. The second-order valence-electron chi connectivity index (χ2n) is 20.9. The summed E-state index contributed by atoms with van der Waals surface area (Å²) in [6, 6.07) is 53.3. The van der Waals surface area contributed by atoms with Gasteiger partial charge in [-0.2, -0.15) is 0 Å². The van der Waals surface area contributed by atoms with Crippen LogP contribution in [0, 0.1) is 0 Å². The zero-order valence-electron chi connectivity index (χ0n) is 47.6. The maximum absolute atomic E-state index is 5.44. The topological polar surface area (TPSA) is 36.9 Å². The van der Waals surface area contributed by atoms with Crippen molar-refractivity contribution < 1.29 is 18.9 Å². The van der Waals surface area contributed by atoms with E-state index in [1.165, 1.54) is 177 Å². The van der Waals surface area contributed by atoms with E-state index >= 15 is 0 Å². The fourth-order valence-electron chi connectivity index (χ4n) is 11.6. The van der Waals surface area contributed by atoms with Crippen LogP contribution in [0.15, 0.2) is 146 Å². The van der Waals surface area contributed by atoms with Crippen molar-refractivity contribution in [3.05, 3.63) is 165 Å². The third kappa shape index (κ3) is 10.7. The van der Waals surface area contributed by atoms with Gasteiger partial charge in [0.1, 0.15) is 23.0 Å². The highest BCUT2D eigenvalue weighted by atomic mass is 32.1. The molecule has 0 bridgehead atoms. The molecule has 0 spiro atoms. The van der Waals surface area contributed by atoms with Crippen LogP contribution in [0.2, 0.25) is 0 Å². The fraction of sp³-hybridized carbons (Fsp3) is 0.278. The van der Waals surface area contributed by atoms with Crippen molar-refractivity contribution in [3.63, 3.8) is 0 Å². The zero-order chi connectivity index (χ0) is 55.3. The van der Waals surface area contributed by atoms with Crippen LogP contribution in [-0.4, -0.2) is 28.4 Å². The monoisotopic (exact) mass is 1130 g/mol. The minimum absolute atomic E-state index is 0.899. The maximum Gasteiger partial charge on any atom is 0.118 e. The van der Waals surface area contributed by atoms with Crippen LogP contribution in [0.1, 0.15) is 98.6 Å². The molecule has 4 aromatic heterocycles. The van der Waals surface area contributed by atoms with Crippen molar-refractivity contribution in [2.45, 2.75) is 105 Å². The van der Waals surface area contributed by atoms with Crippen LogP contribution in [0.5, 0.6) is 23.0 Å². The molecule has 8 heteroatoms. The van der Waals surface area contributed by atoms with Gasteiger partial charge in [0.25, 0.3) is 0 Å². The smallest absolute Gasteiger partial charge is 0.118 e. The molecule has 0 fully saturated rings. The second-order valence-corrected chi connectivity index (χ2v) is 25.3. The number of hydrogen-bond donors (Lipinski definition) is 0. The Morgan fingerprint density at radius 3 is 0.613 bits per heavy atom. The second kappa shape index (κ2) is 25.0. The van der Waals surface area contributed by atoms with Gasteiger partial charge in [-0.1, -0.05) is 150 Å². The Hall–Kier alpha value is -6.68. The van der Waals surface area contributed by atoms with Crippen LogP contribution in [0.4, 0.5) is 0 Å². The Morgan fingerprint density at radius 2 is 0.438 bits per heavy atom. The van der Waals surface area contributed by atoms with E-state index in [1.54, 1.807) is 28.4 Å². The largest absolute Gasteiger partial charge is 0.497 e. The van der Waals surface area contributed by atoms with E-state index in [1.807, 2.05) is 45.3 Å². The first-order valence-electron chi connectivity index (χ1n) is 28.8. The molecule has 0 saturated heterocycles. The Bertz CT molecular complexity index is 3550. The predicted molar refractivity (Wildman–Crippen MR) is 352 cm³/mol. The molecule has 12 rings (SSSR count). The van der Waals surface area contributed by atoms with Crippen LogP contribution in [0.3, 0.4) is 0 Å². The molecule has 4 nitrogen and oxygen atoms in total. The van der Waals surface area contributed by atoms with Crippen molar-refractivity contribution in [2.75, 3.05) is 28.4 Å². The quantitative estimate of drug-likeness (QED) is 0.0762. The summed E-state index contributed by atoms with van der Waals surface area (Å²) in [5.74, 6) is 3.59. The highest BCUT2D eigenvalue weighted by molar-refractivity contribution is 7.23. The van der Waals surface area contributed by atoms with Gasteiger partial charge in [0.05, 0.1) is 28.4 Å². The predicted octanol–water partition coefficient (Wildman–Crippen LogP) is 22.6. The lowest BCUT2D eigenvalue weighted by atomic mass is 9.95. The van der Waals surface area contributed by atoms with E-state index in [0.717, 1.165) is 48.7 Å². The molecular formula is C72H72O4S4. The van der Waals surface area contributed by atoms with Crippen LogP contribution in [0.25, 0.3) is 106 Å². The average molecular weight is 1130 g/mol. The molecule has 0 unspecified atom stereocenters. The summed E-state index contributed by atoms with van der Waals surface area (Å²) in [7, 11) is 6.92. The molecule has 0 atom stereocenters. The summed E-state index contributed by atoms with van der Waals surface area (Å²) < 4.78 is 27.4. The summed E-state index contributed by atoms with van der Waals surface area (Å²) >= 11 is 7.97. The molecule has 80 heavy (non-hydrogen) atoms. The molecule has 0 saturated carbocycles. The molecule has 8 aromatic carbocycles. The van der Waals surface area contributed by atoms with Crippen LogP contribution >= 0.6 is 45.3 Å². The first-order chi connectivity index (χ1) is 39.3. The lowest BCUT2D eigenvalue weighted by Crippen LogP contribution is -1.87. The maximum atomic E-state index is 5.44. The number of methoxy groups -OCH3 is 4. The third-order valence-electron chi connectivity index (χ3n) is 15.8. The lowest BCUT2D eigenvalue weighted by Gasteiger charge is -2.08. The Morgan fingerprint density at radius 1 is 0.250 bits per heavy atom. The van der Waals surface area contributed by atoms with E-state index in [-0.39, 0.29) is 0 Å². The van der Waals surface area contributed by atoms with Gasteiger partial charge in [0, 0.05) is 104 Å². The minimum Gasteiger partial charge on any atom is -0.497 e. The van der Waals surface area contributed by atoms with Gasteiger partial charge in [-0.05, 0) is 122 Å². The molecule has 0 aliphatic rings. The van der Waals surface area contributed by atoms with E-state index < -0.39 is 0 Å². The van der Waals surface area contributed by atoms with Gasteiger partial charge < -0.3 is 18.9 Å². The summed E-state index contributed by atoms with van der Waals surface area (Å²) in [5.41, 5.74) is 10.7. The van der Waals surface area contributed by atoms with Crippen LogP contribution in [-0.2, 0) is 25.7 Å². The van der Waals surface area contributed by atoms with Gasteiger partial charge in [-0.25, -0.2) is 0 Å². The number of benzene rings is 8. The highest BCUT2D eigenvalue weighted by Crippen LogP contribution is 2.50. The molecule has 0 amide bonds. The number of hydrogen-bond acceptors (Lipinski definition) is 8. The van der Waals surface area contributed by atoms with E-state index in [0.29, 0.717) is 0 Å². The standard InChI is InChI=1S/2C36H36O2S2/c2*1-5-7-9-31-33(23-11-15-25(37-3)16-12-23)29-21-19-28-27(35(29)39-31)20-22-30-34(24-13-17-26(38-4)18-14-24)32(10-8-6-2)40-36(28)30/h2*11-22H,5-10H2,1-4H3. The molecular weight excluding hydrogens is 1060 g/mol. The molecule has 0 aliphatic carbocycles. The number of ether oxygens (including phenoxy) is 4. The van der Waals surface area contributed by atoms with Gasteiger partial charge in [-0.3, -0.25) is 0 Å². The number of fused-ring (bicyclic) bond motifs is 10. The number of thiophene rings is 4. The van der Waals surface area contributed by atoms with E-state index in [9.17, 15) is 0 Å². The fourth-order valence-corrected chi connectivity index (χ4v) is 17.1. The highest BCUT2D eigenvalue weighted by Gasteiger charge is 2.23. The van der Waals surface area contributed by atoms with Crippen molar-refractivity contribution in [3.8, 4) is 67.5 Å². The van der Waals surface area contributed by atoms with Crippen molar-refractivity contribution >= 4 is 107 Å². The lowest BCUT2D eigenvalue weighted by molar-refractivity contribution is 0.415. The van der Waals surface area contributed by atoms with Crippen molar-refractivity contribution in [2.24, 2.45) is 0 Å². The van der Waals surface area contributed by atoms with Crippen molar-refractivity contribution in [1.82, 2.24) is 0 Å². The van der Waals surface area contributed by atoms with Crippen molar-refractivity contribution in [1.29, 1.82) is 0 Å². The number of aryl methyl sites for hydroxylation is 4. The normalized spacial score (nSPS) is 11.6. The van der Waals surface area contributed by atoms with Gasteiger partial charge in [-0.15, -0.1) is 45.3 Å².